The summed E-state index contributed by atoms with van der Waals surface area (Å²) >= 11 is 0. The molecule has 11 heteroatoms. The summed E-state index contributed by atoms with van der Waals surface area (Å²) in [6.45, 7) is 5.14. The van der Waals surface area contributed by atoms with Crippen LogP contribution in [-0.4, -0.2) is 64.0 Å². The Morgan fingerprint density at radius 3 is 1.94 bits per heavy atom. The lowest BCUT2D eigenvalue weighted by Crippen LogP contribution is -2.57. The highest BCUT2D eigenvalue weighted by molar-refractivity contribution is 5.94. The Hall–Kier alpha value is -3.47. The van der Waals surface area contributed by atoms with Crippen LogP contribution in [0.25, 0.3) is 0 Å². The standard InChI is InChI=1S/C22H32N4O7/c1-12(2)9-15(23)20(30)25-16(10-14-7-5-4-6-8-14)21(31)24-13(3)19(29)26-17(22(32)33)11-18(27)28/h4-8,12-13,15-17H,9-11,23H2,1-3H3,(H,24,31)(H,25,30)(H,26,29)(H,27,28)(H,32,33). The molecule has 7 N–H and O–H groups in total. The highest BCUT2D eigenvalue weighted by Gasteiger charge is 2.29. The predicted octanol–water partition coefficient (Wildman–Crippen LogP) is -0.364. The van der Waals surface area contributed by atoms with Crippen molar-refractivity contribution in [3.8, 4) is 0 Å². The topological polar surface area (TPSA) is 188 Å². The lowest BCUT2D eigenvalue weighted by molar-refractivity contribution is -0.147. The molecule has 0 heterocycles. The number of carbonyl (C=O) groups is 5. The number of carboxylic acid groups (broad SMARTS) is 2. The van der Waals surface area contributed by atoms with Crippen LogP contribution >= 0.6 is 0 Å². The second-order valence-corrected chi connectivity index (χ2v) is 8.21. The number of nitrogens with two attached hydrogens (primary N) is 1. The van der Waals surface area contributed by atoms with E-state index in [2.05, 4.69) is 16.0 Å². The molecule has 0 radical (unpaired) electrons. The maximum Gasteiger partial charge on any atom is 0.326 e. The van der Waals surface area contributed by atoms with E-state index in [0.29, 0.717) is 6.42 Å². The van der Waals surface area contributed by atoms with E-state index in [1.807, 2.05) is 13.8 Å². The minimum Gasteiger partial charge on any atom is -0.481 e. The summed E-state index contributed by atoms with van der Waals surface area (Å²) in [6.07, 6.45) is -0.259. The fraction of sp³-hybridized carbons (Fsp3) is 0.500. The molecule has 0 aliphatic carbocycles. The molecule has 1 aromatic carbocycles. The summed E-state index contributed by atoms with van der Waals surface area (Å²) in [5.41, 5.74) is 6.68. The van der Waals surface area contributed by atoms with E-state index in [9.17, 15) is 24.0 Å². The van der Waals surface area contributed by atoms with Gasteiger partial charge in [0.2, 0.25) is 17.7 Å². The van der Waals surface area contributed by atoms with Crippen LogP contribution in [0.1, 0.15) is 39.2 Å². The summed E-state index contributed by atoms with van der Waals surface area (Å²) in [4.78, 5) is 59.7. The predicted molar refractivity (Wildman–Crippen MR) is 119 cm³/mol. The molecule has 4 atom stereocenters. The van der Waals surface area contributed by atoms with Crippen molar-refractivity contribution in [3.63, 3.8) is 0 Å². The van der Waals surface area contributed by atoms with Gasteiger partial charge in [-0.05, 0) is 24.8 Å². The van der Waals surface area contributed by atoms with Gasteiger partial charge in [-0.3, -0.25) is 19.2 Å². The quantitative estimate of drug-likeness (QED) is 0.228. The molecule has 11 nitrogen and oxygen atoms in total. The van der Waals surface area contributed by atoms with Crippen molar-refractivity contribution in [1.29, 1.82) is 0 Å². The van der Waals surface area contributed by atoms with Crippen LogP contribution in [0.5, 0.6) is 0 Å². The van der Waals surface area contributed by atoms with E-state index < -0.39 is 60.2 Å². The van der Waals surface area contributed by atoms with Crippen LogP contribution in [0, 0.1) is 5.92 Å². The van der Waals surface area contributed by atoms with Gasteiger partial charge in [-0.1, -0.05) is 44.2 Å². The molecule has 1 aromatic rings. The van der Waals surface area contributed by atoms with Crippen molar-refractivity contribution in [3.05, 3.63) is 35.9 Å². The second kappa shape index (κ2) is 13.2. The number of nitrogens with one attached hydrogen (secondary N) is 3. The molecule has 0 fully saturated rings. The fourth-order valence-corrected chi connectivity index (χ4v) is 3.00. The Morgan fingerprint density at radius 1 is 0.848 bits per heavy atom. The molecule has 0 aliphatic rings. The molecule has 0 aliphatic heterocycles. The van der Waals surface area contributed by atoms with E-state index in [1.165, 1.54) is 6.92 Å². The van der Waals surface area contributed by atoms with Gasteiger partial charge in [0.15, 0.2) is 0 Å². The lowest BCUT2D eigenvalue weighted by Gasteiger charge is -2.24. The first-order valence-electron chi connectivity index (χ1n) is 10.6. The third kappa shape index (κ3) is 10.1. The summed E-state index contributed by atoms with van der Waals surface area (Å²) in [7, 11) is 0. The number of hydrogen-bond acceptors (Lipinski definition) is 6. The van der Waals surface area contributed by atoms with Crippen LogP contribution in [-0.2, 0) is 30.4 Å². The lowest BCUT2D eigenvalue weighted by atomic mass is 10.0. The number of benzene rings is 1. The first-order valence-corrected chi connectivity index (χ1v) is 10.6. The number of amides is 3. The highest BCUT2D eigenvalue weighted by atomic mass is 16.4. The molecule has 4 unspecified atom stereocenters. The van der Waals surface area contributed by atoms with Gasteiger partial charge in [0, 0.05) is 6.42 Å². The van der Waals surface area contributed by atoms with Crippen molar-refractivity contribution in [2.24, 2.45) is 11.7 Å². The van der Waals surface area contributed by atoms with Crippen LogP contribution in [0.15, 0.2) is 30.3 Å². The van der Waals surface area contributed by atoms with E-state index >= 15 is 0 Å². The molecular formula is C22H32N4O7. The first-order chi connectivity index (χ1) is 15.4. The van der Waals surface area contributed by atoms with Crippen molar-refractivity contribution >= 4 is 29.7 Å². The van der Waals surface area contributed by atoms with Gasteiger partial charge >= 0.3 is 11.9 Å². The zero-order valence-electron chi connectivity index (χ0n) is 18.9. The zero-order chi connectivity index (χ0) is 25.1. The second-order valence-electron chi connectivity index (χ2n) is 8.21. The minimum atomic E-state index is -1.65. The van der Waals surface area contributed by atoms with Gasteiger partial charge in [0.25, 0.3) is 0 Å². The first kappa shape index (κ1) is 27.6. The van der Waals surface area contributed by atoms with Crippen molar-refractivity contribution in [1.82, 2.24) is 16.0 Å². The van der Waals surface area contributed by atoms with Gasteiger partial charge in [0.05, 0.1) is 12.5 Å². The average molecular weight is 465 g/mol. The molecule has 0 bridgehead atoms. The third-order valence-corrected chi connectivity index (χ3v) is 4.72. The Morgan fingerprint density at radius 2 is 1.42 bits per heavy atom. The molecule has 0 saturated heterocycles. The van der Waals surface area contributed by atoms with Gasteiger partial charge in [0.1, 0.15) is 18.1 Å². The van der Waals surface area contributed by atoms with Crippen molar-refractivity contribution in [2.75, 3.05) is 0 Å². The normalized spacial score (nSPS) is 14.5. The molecule has 0 saturated carbocycles. The summed E-state index contributed by atoms with van der Waals surface area (Å²) < 4.78 is 0. The van der Waals surface area contributed by atoms with E-state index in [0.717, 1.165) is 5.56 Å². The van der Waals surface area contributed by atoms with Crippen LogP contribution < -0.4 is 21.7 Å². The molecular weight excluding hydrogens is 432 g/mol. The maximum absolute atomic E-state index is 12.9. The maximum atomic E-state index is 12.9. The minimum absolute atomic E-state index is 0.137. The summed E-state index contributed by atoms with van der Waals surface area (Å²) in [5, 5.41) is 25.0. The van der Waals surface area contributed by atoms with Crippen LogP contribution in [0.2, 0.25) is 0 Å². The Kier molecular flexibility index (Phi) is 11.0. The number of hydrogen-bond donors (Lipinski definition) is 6. The number of carbonyl (C=O) groups excluding carboxylic acids is 3. The number of aliphatic carboxylic acids is 2. The average Bonchev–Trinajstić information content (AvgIpc) is 2.72. The van der Waals surface area contributed by atoms with Crippen LogP contribution in [0.4, 0.5) is 0 Å². The fourth-order valence-electron chi connectivity index (χ4n) is 3.00. The van der Waals surface area contributed by atoms with Crippen molar-refractivity contribution in [2.45, 2.75) is 64.2 Å². The Labute approximate surface area is 192 Å². The molecule has 182 valence electrons. The van der Waals surface area contributed by atoms with E-state index in [4.69, 9.17) is 15.9 Å². The van der Waals surface area contributed by atoms with Crippen LogP contribution in [0.3, 0.4) is 0 Å². The van der Waals surface area contributed by atoms with Gasteiger partial charge < -0.3 is 31.9 Å². The number of rotatable bonds is 13. The molecule has 1 rings (SSSR count). The highest BCUT2D eigenvalue weighted by Crippen LogP contribution is 2.07. The van der Waals surface area contributed by atoms with E-state index in [1.54, 1.807) is 30.3 Å². The zero-order valence-corrected chi connectivity index (χ0v) is 18.9. The SMILES string of the molecule is CC(C)CC(N)C(=O)NC(Cc1ccccc1)C(=O)NC(C)C(=O)NC(CC(=O)O)C(=O)O. The number of carboxylic acids is 2. The Bertz CT molecular complexity index is 844. The smallest absolute Gasteiger partial charge is 0.326 e. The monoisotopic (exact) mass is 464 g/mol. The van der Waals surface area contributed by atoms with Gasteiger partial charge in [-0.15, -0.1) is 0 Å². The molecule has 0 spiro atoms. The molecule has 0 aromatic heterocycles. The third-order valence-electron chi connectivity index (χ3n) is 4.72. The van der Waals surface area contributed by atoms with Gasteiger partial charge in [-0.2, -0.15) is 0 Å². The molecule has 3 amide bonds. The van der Waals surface area contributed by atoms with E-state index in [-0.39, 0.29) is 12.3 Å². The summed E-state index contributed by atoms with van der Waals surface area (Å²) in [5.74, 6) is -4.80. The molecule has 33 heavy (non-hydrogen) atoms. The largest absolute Gasteiger partial charge is 0.481 e. The Balaban J connectivity index is 2.90. The van der Waals surface area contributed by atoms with Gasteiger partial charge in [-0.25, -0.2) is 4.79 Å². The summed E-state index contributed by atoms with van der Waals surface area (Å²) in [6, 6.07) is 4.23. The van der Waals surface area contributed by atoms with Crippen molar-refractivity contribution < 1.29 is 34.2 Å².